The van der Waals surface area contributed by atoms with Gasteiger partial charge in [-0.2, -0.15) is 5.10 Å². The summed E-state index contributed by atoms with van der Waals surface area (Å²) in [6.07, 6.45) is 2.39. The smallest absolute Gasteiger partial charge is 0.417 e. The number of aromatic nitrogens is 2. The molecule has 0 bridgehead atoms. The summed E-state index contributed by atoms with van der Waals surface area (Å²) < 4.78 is 50.2. The van der Waals surface area contributed by atoms with Crippen molar-refractivity contribution in [2.24, 2.45) is 0 Å². The standard InChI is InChI=1S/C25H39BF2N2O3Si/c1-17-19(16-29-30(17)14-11-15-31-34(9,10)23(2,3)4)18-12-13-20(22(28)21(18)27)26-32-24(5,6)25(7,8)33-26/h12-13,16H,11,14-15H2,1-10H3. The van der Waals surface area contributed by atoms with Crippen molar-refractivity contribution in [2.45, 2.75) is 97.7 Å². The molecule has 1 aliphatic heterocycles. The largest absolute Gasteiger partial charge is 0.497 e. The number of benzene rings is 1. The number of aryl methyl sites for hydroxylation is 1. The lowest BCUT2D eigenvalue weighted by molar-refractivity contribution is 0.00578. The van der Waals surface area contributed by atoms with Crippen molar-refractivity contribution >= 4 is 20.9 Å². The van der Waals surface area contributed by atoms with Gasteiger partial charge in [0.05, 0.1) is 17.4 Å². The van der Waals surface area contributed by atoms with Crippen LogP contribution in [-0.2, 0) is 20.3 Å². The molecule has 0 spiro atoms. The second-order valence-corrected chi connectivity index (χ2v) is 16.6. The van der Waals surface area contributed by atoms with Crippen LogP contribution in [0.2, 0.25) is 18.1 Å². The highest BCUT2D eigenvalue weighted by atomic mass is 28.4. The van der Waals surface area contributed by atoms with Crippen LogP contribution in [0.5, 0.6) is 0 Å². The van der Waals surface area contributed by atoms with E-state index in [0.717, 1.165) is 12.1 Å². The van der Waals surface area contributed by atoms with E-state index in [0.29, 0.717) is 18.7 Å². The van der Waals surface area contributed by atoms with Crippen molar-refractivity contribution in [3.05, 3.63) is 35.7 Å². The number of halogens is 2. The summed E-state index contributed by atoms with van der Waals surface area (Å²) in [5, 5.41) is 4.58. The van der Waals surface area contributed by atoms with Crippen LogP contribution >= 0.6 is 0 Å². The maximum atomic E-state index is 15.2. The molecule has 3 rings (SSSR count). The molecule has 1 fully saturated rings. The summed E-state index contributed by atoms with van der Waals surface area (Å²) >= 11 is 0. The third kappa shape index (κ3) is 5.03. The van der Waals surface area contributed by atoms with Gasteiger partial charge in [0.25, 0.3) is 0 Å². The Morgan fingerprint density at radius 2 is 1.62 bits per heavy atom. The first kappa shape index (κ1) is 27.0. The SMILES string of the molecule is Cc1c(-c2ccc(B3OC(C)(C)C(C)(C)O3)c(F)c2F)cnn1CCCO[Si](C)(C)C(C)(C)C. The molecular formula is C25H39BF2N2O3Si. The quantitative estimate of drug-likeness (QED) is 0.360. The van der Waals surface area contributed by atoms with Crippen molar-refractivity contribution in [3.63, 3.8) is 0 Å². The van der Waals surface area contributed by atoms with Crippen LogP contribution in [0.1, 0.15) is 60.6 Å². The summed E-state index contributed by atoms with van der Waals surface area (Å²) in [5.41, 5.74) is 0.333. The fraction of sp³-hybridized carbons (Fsp3) is 0.640. The molecule has 1 aromatic carbocycles. The summed E-state index contributed by atoms with van der Waals surface area (Å²) in [4.78, 5) is 0. The lowest BCUT2D eigenvalue weighted by atomic mass is 9.78. The van der Waals surface area contributed by atoms with E-state index in [1.807, 2.05) is 39.3 Å². The van der Waals surface area contributed by atoms with Crippen LogP contribution in [-0.4, -0.2) is 43.0 Å². The molecule has 5 nitrogen and oxygen atoms in total. The van der Waals surface area contributed by atoms with E-state index >= 15 is 8.78 Å². The molecule has 0 atom stereocenters. The molecule has 1 aliphatic rings. The Hall–Kier alpha value is -1.55. The molecule has 2 heterocycles. The van der Waals surface area contributed by atoms with E-state index < -0.39 is 38.3 Å². The fourth-order valence-electron chi connectivity index (χ4n) is 3.62. The zero-order valence-electron chi connectivity index (χ0n) is 22.3. The van der Waals surface area contributed by atoms with Gasteiger partial charge in [-0.1, -0.05) is 32.9 Å². The monoisotopic (exact) mass is 492 g/mol. The van der Waals surface area contributed by atoms with Gasteiger partial charge < -0.3 is 13.7 Å². The van der Waals surface area contributed by atoms with Crippen LogP contribution in [0.3, 0.4) is 0 Å². The van der Waals surface area contributed by atoms with E-state index in [1.165, 1.54) is 0 Å². The van der Waals surface area contributed by atoms with Crippen LogP contribution in [0.15, 0.2) is 18.3 Å². The van der Waals surface area contributed by atoms with Gasteiger partial charge in [0, 0.05) is 35.4 Å². The first-order valence-corrected chi connectivity index (χ1v) is 14.9. The lowest BCUT2D eigenvalue weighted by Gasteiger charge is -2.36. The van der Waals surface area contributed by atoms with Crippen LogP contribution in [0, 0.1) is 18.6 Å². The minimum Gasteiger partial charge on any atom is -0.417 e. The Bertz CT molecular complexity index is 1030. The van der Waals surface area contributed by atoms with E-state index in [4.69, 9.17) is 13.7 Å². The zero-order chi connectivity index (χ0) is 25.7. The van der Waals surface area contributed by atoms with E-state index in [2.05, 4.69) is 39.0 Å². The first-order valence-electron chi connectivity index (χ1n) is 12.0. The van der Waals surface area contributed by atoms with Gasteiger partial charge in [-0.05, 0) is 59.2 Å². The molecule has 2 aromatic rings. The Kier molecular flexibility index (Phi) is 7.28. The van der Waals surface area contributed by atoms with Crippen molar-refractivity contribution in [3.8, 4) is 11.1 Å². The Labute approximate surface area is 204 Å². The topological polar surface area (TPSA) is 45.5 Å². The molecule has 1 saturated heterocycles. The summed E-state index contributed by atoms with van der Waals surface area (Å²) in [5.74, 6) is -1.87. The molecule has 0 saturated carbocycles. The summed E-state index contributed by atoms with van der Waals surface area (Å²) in [6, 6.07) is 3.12. The zero-order valence-corrected chi connectivity index (χ0v) is 23.3. The second-order valence-electron chi connectivity index (χ2n) is 11.7. The van der Waals surface area contributed by atoms with Crippen molar-refractivity contribution in [1.82, 2.24) is 9.78 Å². The Morgan fingerprint density at radius 1 is 1.03 bits per heavy atom. The lowest BCUT2D eigenvalue weighted by Crippen LogP contribution is -2.41. The van der Waals surface area contributed by atoms with Gasteiger partial charge >= 0.3 is 7.12 Å². The minimum atomic E-state index is -1.79. The molecule has 0 unspecified atom stereocenters. The van der Waals surface area contributed by atoms with Crippen molar-refractivity contribution in [1.29, 1.82) is 0 Å². The van der Waals surface area contributed by atoms with Crippen molar-refractivity contribution in [2.75, 3.05) is 6.61 Å². The Balaban J connectivity index is 1.74. The maximum absolute atomic E-state index is 15.2. The third-order valence-electron chi connectivity index (χ3n) is 7.80. The predicted octanol–water partition coefficient (Wildman–Crippen LogP) is 5.85. The maximum Gasteiger partial charge on any atom is 0.497 e. The third-order valence-corrected chi connectivity index (χ3v) is 12.3. The number of hydrogen-bond donors (Lipinski definition) is 0. The highest BCUT2D eigenvalue weighted by Crippen LogP contribution is 2.38. The molecule has 188 valence electrons. The molecule has 0 amide bonds. The fourth-order valence-corrected chi connectivity index (χ4v) is 4.71. The van der Waals surface area contributed by atoms with Gasteiger partial charge in [-0.25, -0.2) is 8.78 Å². The summed E-state index contributed by atoms with van der Waals surface area (Å²) in [7, 11) is -2.75. The van der Waals surface area contributed by atoms with Gasteiger partial charge in [0.1, 0.15) is 0 Å². The Morgan fingerprint density at radius 3 is 2.18 bits per heavy atom. The number of rotatable bonds is 7. The number of nitrogens with zero attached hydrogens (tertiary/aromatic N) is 2. The molecule has 34 heavy (non-hydrogen) atoms. The predicted molar refractivity (Wildman–Crippen MR) is 136 cm³/mol. The van der Waals surface area contributed by atoms with Gasteiger partial charge in [0.2, 0.25) is 0 Å². The molecule has 9 heteroatoms. The van der Waals surface area contributed by atoms with E-state index in [-0.39, 0.29) is 16.1 Å². The summed E-state index contributed by atoms with van der Waals surface area (Å²) in [6.45, 7) is 21.8. The highest BCUT2D eigenvalue weighted by molar-refractivity contribution is 6.74. The van der Waals surface area contributed by atoms with Gasteiger partial charge in [-0.15, -0.1) is 0 Å². The average Bonchev–Trinajstić information content (AvgIpc) is 3.15. The van der Waals surface area contributed by atoms with Gasteiger partial charge in [0.15, 0.2) is 20.0 Å². The molecular weight excluding hydrogens is 453 g/mol. The normalized spacial score (nSPS) is 18.1. The van der Waals surface area contributed by atoms with Crippen LogP contribution in [0.4, 0.5) is 8.78 Å². The van der Waals surface area contributed by atoms with Crippen LogP contribution in [0.25, 0.3) is 11.1 Å². The van der Waals surface area contributed by atoms with E-state index in [9.17, 15) is 0 Å². The molecule has 1 aromatic heterocycles. The molecule has 0 radical (unpaired) electrons. The molecule has 0 N–H and O–H groups in total. The van der Waals surface area contributed by atoms with E-state index in [1.54, 1.807) is 18.3 Å². The number of hydrogen-bond acceptors (Lipinski definition) is 4. The second kappa shape index (κ2) is 9.15. The van der Waals surface area contributed by atoms with Crippen LogP contribution < -0.4 is 5.46 Å². The highest BCUT2D eigenvalue weighted by Gasteiger charge is 2.52. The first-order chi connectivity index (χ1) is 15.5. The molecule has 0 aliphatic carbocycles. The minimum absolute atomic E-state index is 0.0627. The van der Waals surface area contributed by atoms with Crippen molar-refractivity contribution < 1.29 is 22.5 Å². The average molecular weight is 492 g/mol. The van der Waals surface area contributed by atoms with Gasteiger partial charge in [-0.3, -0.25) is 4.68 Å².